The second kappa shape index (κ2) is 9.82. The Morgan fingerprint density at radius 1 is 1.11 bits per heavy atom. The van der Waals surface area contributed by atoms with Crippen LogP contribution in [0.15, 0.2) is 24.3 Å². The van der Waals surface area contributed by atoms with E-state index in [9.17, 15) is 4.79 Å². The number of rotatable bonds is 8. The number of halogens is 1. The van der Waals surface area contributed by atoms with Gasteiger partial charge in [-0.1, -0.05) is 20.8 Å². The lowest BCUT2D eigenvalue weighted by Gasteiger charge is -2.18. The minimum atomic E-state index is 0. The molecule has 4 heteroatoms. The highest BCUT2D eigenvalue weighted by atomic mass is 35.5. The van der Waals surface area contributed by atoms with E-state index in [1.165, 1.54) is 0 Å². The van der Waals surface area contributed by atoms with Crippen LogP contribution in [-0.2, 0) is 0 Å². The first-order chi connectivity index (χ1) is 8.71. The molecule has 0 spiro atoms. The number of ether oxygens (including phenoxy) is 1. The molecule has 1 rings (SSSR count). The van der Waals surface area contributed by atoms with Crippen molar-refractivity contribution in [3.63, 3.8) is 0 Å². The maximum atomic E-state index is 11.5. The molecule has 0 saturated carbocycles. The molecule has 1 aromatic carbocycles. The van der Waals surface area contributed by atoms with E-state index in [1.54, 1.807) is 0 Å². The number of ketones is 1. The molecule has 0 radical (unpaired) electrons. The van der Waals surface area contributed by atoms with Gasteiger partial charge in [0, 0.05) is 18.5 Å². The third-order valence-electron chi connectivity index (χ3n) is 3.07. The summed E-state index contributed by atoms with van der Waals surface area (Å²) in [5.74, 6) is 1.000. The smallest absolute Gasteiger partial charge is 0.162 e. The lowest BCUT2D eigenvalue weighted by molar-refractivity contribution is 0.0988. The minimum Gasteiger partial charge on any atom is -0.492 e. The number of Topliss-reactive ketones (excluding diaryl/α,β-unsaturated/α-hetero) is 1. The van der Waals surface area contributed by atoms with E-state index in [-0.39, 0.29) is 18.2 Å². The van der Waals surface area contributed by atoms with Crippen molar-refractivity contribution in [2.24, 2.45) is 0 Å². The Balaban J connectivity index is 0.00000324. The Morgan fingerprint density at radius 2 is 1.68 bits per heavy atom. The number of carbonyl (C=O) groups is 1. The van der Waals surface area contributed by atoms with Gasteiger partial charge in [0.2, 0.25) is 0 Å². The molecule has 0 aliphatic rings. The van der Waals surface area contributed by atoms with Crippen LogP contribution in [0, 0.1) is 0 Å². The summed E-state index contributed by atoms with van der Waals surface area (Å²) >= 11 is 0. The van der Waals surface area contributed by atoms with Crippen LogP contribution >= 0.6 is 12.4 Å². The minimum absolute atomic E-state index is 0. The molecule has 0 amide bonds. The third kappa shape index (κ3) is 6.08. The van der Waals surface area contributed by atoms with Crippen molar-refractivity contribution in [2.75, 3.05) is 26.2 Å². The molecule has 19 heavy (non-hydrogen) atoms. The van der Waals surface area contributed by atoms with Gasteiger partial charge < -0.3 is 9.64 Å². The monoisotopic (exact) mass is 285 g/mol. The van der Waals surface area contributed by atoms with Crippen LogP contribution in [0.5, 0.6) is 5.75 Å². The first-order valence-electron chi connectivity index (χ1n) is 6.69. The van der Waals surface area contributed by atoms with Crippen LogP contribution in [0.1, 0.15) is 37.6 Å². The number of hydrogen-bond donors (Lipinski definition) is 0. The quantitative estimate of drug-likeness (QED) is 0.686. The molecule has 3 nitrogen and oxygen atoms in total. The molecule has 0 fully saturated rings. The summed E-state index contributed by atoms with van der Waals surface area (Å²) in [5, 5.41) is 0. The van der Waals surface area contributed by atoms with Gasteiger partial charge >= 0.3 is 0 Å². The molecule has 0 N–H and O–H groups in total. The van der Waals surface area contributed by atoms with Crippen molar-refractivity contribution in [3.8, 4) is 5.75 Å². The molecule has 0 aliphatic carbocycles. The number of hydrogen-bond acceptors (Lipinski definition) is 3. The third-order valence-corrected chi connectivity index (χ3v) is 3.07. The maximum Gasteiger partial charge on any atom is 0.162 e. The molecule has 0 bridgehead atoms. The van der Waals surface area contributed by atoms with E-state index in [0.29, 0.717) is 13.0 Å². The Labute approximate surface area is 122 Å². The summed E-state index contributed by atoms with van der Waals surface area (Å²) in [5.41, 5.74) is 0.758. The van der Waals surface area contributed by atoms with Crippen molar-refractivity contribution >= 4 is 18.2 Å². The second-order valence-electron chi connectivity index (χ2n) is 4.18. The van der Waals surface area contributed by atoms with Crippen molar-refractivity contribution in [2.45, 2.75) is 27.2 Å². The van der Waals surface area contributed by atoms with Gasteiger partial charge in [-0.3, -0.25) is 4.79 Å². The summed E-state index contributed by atoms with van der Waals surface area (Å²) < 4.78 is 5.66. The number of carbonyl (C=O) groups excluding carboxylic acids is 1. The number of benzene rings is 1. The second-order valence-corrected chi connectivity index (χ2v) is 4.18. The zero-order valence-corrected chi connectivity index (χ0v) is 12.8. The van der Waals surface area contributed by atoms with Crippen molar-refractivity contribution < 1.29 is 9.53 Å². The van der Waals surface area contributed by atoms with Gasteiger partial charge in [0.05, 0.1) is 0 Å². The Kier molecular flexibility index (Phi) is 9.27. The van der Waals surface area contributed by atoms with Crippen LogP contribution < -0.4 is 4.74 Å². The fourth-order valence-corrected chi connectivity index (χ4v) is 1.77. The van der Waals surface area contributed by atoms with E-state index >= 15 is 0 Å². The highest BCUT2D eigenvalue weighted by Crippen LogP contribution is 2.13. The molecule has 0 heterocycles. The lowest BCUT2D eigenvalue weighted by Crippen LogP contribution is -2.27. The van der Waals surface area contributed by atoms with Crippen molar-refractivity contribution in [3.05, 3.63) is 29.8 Å². The van der Waals surface area contributed by atoms with Crippen LogP contribution in [0.4, 0.5) is 0 Å². The SMILES string of the molecule is CCC(=O)c1ccc(OCCN(CC)CC)cc1.Cl. The van der Waals surface area contributed by atoms with Crippen LogP contribution in [0.3, 0.4) is 0 Å². The molecular formula is C15H24ClNO2. The lowest BCUT2D eigenvalue weighted by atomic mass is 10.1. The van der Waals surface area contributed by atoms with Crippen LogP contribution in [-0.4, -0.2) is 36.9 Å². The van der Waals surface area contributed by atoms with E-state index in [0.717, 1.165) is 30.9 Å². The van der Waals surface area contributed by atoms with E-state index in [2.05, 4.69) is 18.7 Å². The molecule has 0 saturated heterocycles. The first-order valence-corrected chi connectivity index (χ1v) is 6.69. The highest BCUT2D eigenvalue weighted by molar-refractivity contribution is 5.95. The van der Waals surface area contributed by atoms with Crippen LogP contribution in [0.25, 0.3) is 0 Å². The maximum absolute atomic E-state index is 11.5. The van der Waals surface area contributed by atoms with Gasteiger partial charge in [0.15, 0.2) is 5.78 Å². The predicted molar refractivity (Wildman–Crippen MR) is 81.6 cm³/mol. The number of nitrogens with zero attached hydrogens (tertiary/aromatic N) is 1. The summed E-state index contributed by atoms with van der Waals surface area (Å²) in [6.07, 6.45) is 0.544. The topological polar surface area (TPSA) is 29.5 Å². The average Bonchev–Trinajstić information content (AvgIpc) is 2.43. The molecule has 1 aromatic rings. The summed E-state index contributed by atoms with van der Waals surface area (Å²) in [6, 6.07) is 7.40. The Bertz CT molecular complexity index is 361. The van der Waals surface area contributed by atoms with Crippen molar-refractivity contribution in [1.82, 2.24) is 4.90 Å². The molecule has 0 unspecified atom stereocenters. The largest absolute Gasteiger partial charge is 0.492 e. The predicted octanol–water partition coefficient (Wildman–Crippen LogP) is 3.42. The van der Waals surface area contributed by atoms with Gasteiger partial charge in [-0.2, -0.15) is 0 Å². The fraction of sp³-hybridized carbons (Fsp3) is 0.533. The average molecular weight is 286 g/mol. The van der Waals surface area contributed by atoms with Gasteiger partial charge in [0.25, 0.3) is 0 Å². The summed E-state index contributed by atoms with van der Waals surface area (Å²) in [6.45, 7) is 9.87. The van der Waals surface area contributed by atoms with E-state index in [4.69, 9.17) is 4.74 Å². The summed E-state index contributed by atoms with van der Waals surface area (Å²) in [7, 11) is 0. The van der Waals surface area contributed by atoms with E-state index < -0.39 is 0 Å². The molecule has 0 atom stereocenters. The van der Waals surface area contributed by atoms with Crippen molar-refractivity contribution in [1.29, 1.82) is 0 Å². The van der Waals surface area contributed by atoms with Crippen LogP contribution in [0.2, 0.25) is 0 Å². The fourth-order valence-electron chi connectivity index (χ4n) is 1.77. The Morgan fingerprint density at radius 3 is 2.16 bits per heavy atom. The zero-order valence-electron chi connectivity index (χ0n) is 12.0. The molecule has 0 aromatic heterocycles. The van der Waals surface area contributed by atoms with Gasteiger partial charge in [0.1, 0.15) is 12.4 Å². The van der Waals surface area contributed by atoms with Gasteiger partial charge in [-0.15, -0.1) is 12.4 Å². The molecule has 108 valence electrons. The van der Waals surface area contributed by atoms with Gasteiger partial charge in [-0.25, -0.2) is 0 Å². The molecule has 0 aliphatic heterocycles. The Hall–Kier alpha value is -1.06. The molecular weight excluding hydrogens is 262 g/mol. The highest BCUT2D eigenvalue weighted by Gasteiger charge is 2.03. The van der Waals surface area contributed by atoms with Gasteiger partial charge in [-0.05, 0) is 37.4 Å². The number of likely N-dealkylation sites (N-methyl/N-ethyl adjacent to an activating group) is 1. The first kappa shape index (κ1) is 17.9. The zero-order chi connectivity index (χ0) is 13.4. The standard InChI is InChI=1S/C15H23NO2.ClH/c1-4-15(17)13-7-9-14(10-8-13)18-12-11-16(5-2)6-3;/h7-10H,4-6,11-12H2,1-3H3;1H. The van der Waals surface area contributed by atoms with E-state index in [1.807, 2.05) is 31.2 Å². The summed E-state index contributed by atoms with van der Waals surface area (Å²) in [4.78, 5) is 13.8. The normalized spacial score (nSPS) is 10.1.